The zero-order valence-electron chi connectivity index (χ0n) is 48.6. The number of allylic oxidation sites excluding steroid dienone is 3. The first-order chi connectivity index (χ1) is 40.5. The van der Waals surface area contributed by atoms with E-state index in [1.807, 2.05) is 6.92 Å². The summed E-state index contributed by atoms with van der Waals surface area (Å²) in [5.41, 5.74) is 29.1. The standard InChI is InChI=1S/C57H77N15O13/c1-8-9-12-41(59)54(79)68-35-18-24-47(85-7)40(29-35)53(78)72-43(13-10-25-63-32(3)58)56(81)70-36-19-23-46(84-6)39(28-36)51(76)65-30-48(73)66-31(2)50(75)67-33-15-20-37(44(82-4)21-16-33)52(77)71-42(14-11-26-64-57(61)62)55(80)69-34-17-22-45(83-5)38(27-34)49(60)74/h16-24,27-29,31,41-43H,8-15,25-26,30,59H2,1-7H3,(H2,58,63)(H2,60,74)(H,65,76)(H,66,73)(H,67,75)(H,68,79)(H,69,80)(H,70,81)(H,71,77)(H,72,78)(H4,61,62,64)/t31-,41-,42-,43?/m1/s1. The maximum atomic E-state index is 14.0. The van der Waals surface area contributed by atoms with Gasteiger partial charge in [0.15, 0.2) is 5.96 Å². The van der Waals surface area contributed by atoms with E-state index in [-0.39, 0.29) is 107 Å². The summed E-state index contributed by atoms with van der Waals surface area (Å²) in [7, 11) is 5.37. The van der Waals surface area contributed by atoms with Crippen LogP contribution in [-0.2, 0) is 33.5 Å². The molecule has 1 aliphatic rings. The smallest absolute Gasteiger partial charge is 0.255 e. The van der Waals surface area contributed by atoms with Gasteiger partial charge in [-0.25, -0.2) is 0 Å². The maximum Gasteiger partial charge on any atom is 0.255 e. The van der Waals surface area contributed by atoms with Crippen LogP contribution in [0.5, 0.6) is 17.2 Å². The molecule has 0 radical (unpaired) electrons. The molecule has 28 nitrogen and oxygen atoms in total. The number of nitrogens with two attached hydrogens (primary N) is 5. The number of rotatable bonds is 32. The molecule has 0 saturated carbocycles. The van der Waals surface area contributed by atoms with Crippen molar-refractivity contribution in [3.8, 4) is 17.2 Å². The first kappa shape index (κ1) is 67.5. The lowest BCUT2D eigenvalue weighted by Crippen LogP contribution is -2.47. The van der Waals surface area contributed by atoms with E-state index < -0.39 is 83.9 Å². The highest BCUT2D eigenvalue weighted by molar-refractivity contribution is 6.06. The highest BCUT2D eigenvalue weighted by atomic mass is 16.5. The summed E-state index contributed by atoms with van der Waals surface area (Å²) in [6.07, 6.45) is 7.25. The second-order valence-corrected chi connectivity index (χ2v) is 19.2. The van der Waals surface area contributed by atoms with Gasteiger partial charge < -0.3 is 90.2 Å². The molecule has 28 heteroatoms. The van der Waals surface area contributed by atoms with Crippen LogP contribution in [0.25, 0.3) is 0 Å². The van der Waals surface area contributed by atoms with Crippen LogP contribution in [0.1, 0.15) is 103 Å². The minimum absolute atomic E-state index is 0.0147. The summed E-state index contributed by atoms with van der Waals surface area (Å²) in [5, 5.41) is 21.3. The average molecular weight is 1180 g/mol. The predicted molar refractivity (Wildman–Crippen MR) is 319 cm³/mol. The highest BCUT2D eigenvalue weighted by Crippen LogP contribution is 2.27. The molecule has 0 aliphatic heterocycles. The zero-order valence-corrected chi connectivity index (χ0v) is 48.6. The number of hydrogen-bond acceptors (Lipinski definition) is 16. The van der Waals surface area contributed by atoms with Gasteiger partial charge in [-0.3, -0.25) is 53.1 Å². The Hall–Kier alpha value is -9.99. The van der Waals surface area contributed by atoms with Gasteiger partial charge in [0, 0.05) is 42.3 Å². The number of carbonyl (C=O) groups excluding carboxylic acids is 9. The summed E-state index contributed by atoms with van der Waals surface area (Å²) in [5.74, 6) is -5.43. The molecule has 9 amide bonds. The number of methoxy groups -OCH3 is 4. The molecule has 0 aromatic heterocycles. The normalized spacial score (nSPS) is 13.4. The van der Waals surface area contributed by atoms with E-state index in [0.717, 1.165) is 12.8 Å². The second kappa shape index (κ2) is 33.8. The topological polar surface area (TPSA) is 442 Å². The molecule has 0 heterocycles. The molecule has 0 bridgehead atoms. The molecule has 0 spiro atoms. The van der Waals surface area contributed by atoms with Crippen LogP contribution >= 0.6 is 0 Å². The minimum atomic E-state index is -1.16. The molecule has 4 atom stereocenters. The largest absolute Gasteiger partial charge is 0.496 e. The monoisotopic (exact) mass is 1180 g/mol. The first-order valence-electron chi connectivity index (χ1n) is 27.0. The molecule has 1 aliphatic carbocycles. The van der Waals surface area contributed by atoms with E-state index in [2.05, 4.69) is 52.5 Å². The van der Waals surface area contributed by atoms with Gasteiger partial charge in [0.05, 0.1) is 69.1 Å². The highest BCUT2D eigenvalue weighted by Gasteiger charge is 2.28. The third-order valence-corrected chi connectivity index (χ3v) is 12.7. The quantitative estimate of drug-likeness (QED) is 0.0239. The van der Waals surface area contributed by atoms with Gasteiger partial charge in [-0.1, -0.05) is 25.8 Å². The fourth-order valence-electron chi connectivity index (χ4n) is 8.22. The summed E-state index contributed by atoms with van der Waals surface area (Å²) in [4.78, 5) is 129. The van der Waals surface area contributed by atoms with Crippen molar-refractivity contribution in [3.63, 3.8) is 0 Å². The molecule has 1 unspecified atom stereocenters. The number of primary amides is 1. The SMILES string of the molecule is CCCC[C@@H](N)C(=O)Nc1ccc(OC)c(C(=O)NC(CCCN=C(C)N)C(=O)Nc2ccc(OC)c(C(=O)NCC(=O)N[C@H](C)C(=O)NC3=CC=C(OC)C(C(=O)N[C@H](CCCN=C(N)N)C(=O)Nc4ccc(OC)c(C(N)=O)c4)=CC3)c2)c1. The van der Waals surface area contributed by atoms with Crippen molar-refractivity contribution in [2.75, 3.05) is 64.0 Å². The number of amides is 9. The predicted octanol–water partition coefficient (Wildman–Crippen LogP) is 1.43. The van der Waals surface area contributed by atoms with Crippen molar-refractivity contribution >= 4 is 82.0 Å². The summed E-state index contributed by atoms with van der Waals surface area (Å²) in [6, 6.07) is 8.71. The van der Waals surface area contributed by atoms with Gasteiger partial charge in [-0.05, 0) is 113 Å². The Morgan fingerprint density at radius 1 is 0.576 bits per heavy atom. The Labute approximate surface area is 492 Å². The van der Waals surface area contributed by atoms with Crippen molar-refractivity contribution in [1.29, 1.82) is 0 Å². The lowest BCUT2D eigenvalue weighted by Gasteiger charge is -2.20. The number of ether oxygens (including phenoxy) is 4. The van der Waals surface area contributed by atoms with Crippen molar-refractivity contribution in [2.24, 2.45) is 38.7 Å². The van der Waals surface area contributed by atoms with E-state index in [9.17, 15) is 43.2 Å². The number of unbranched alkanes of at least 4 members (excludes halogenated alkanes) is 1. The number of amidine groups is 1. The van der Waals surface area contributed by atoms with Gasteiger partial charge in [0.1, 0.15) is 41.1 Å². The van der Waals surface area contributed by atoms with Gasteiger partial charge in [-0.2, -0.15) is 0 Å². The van der Waals surface area contributed by atoms with Crippen molar-refractivity contribution < 1.29 is 62.1 Å². The summed E-state index contributed by atoms with van der Waals surface area (Å²) in [6.45, 7) is 4.80. The van der Waals surface area contributed by atoms with Crippen LogP contribution in [0.4, 0.5) is 17.1 Å². The Morgan fingerprint density at radius 2 is 1.08 bits per heavy atom. The third-order valence-electron chi connectivity index (χ3n) is 12.7. The molecule has 458 valence electrons. The Balaban J connectivity index is 1.40. The number of guanidine groups is 1. The van der Waals surface area contributed by atoms with Crippen LogP contribution in [0, 0.1) is 0 Å². The fourth-order valence-corrected chi connectivity index (χ4v) is 8.22. The van der Waals surface area contributed by atoms with Crippen LogP contribution in [0.2, 0.25) is 0 Å². The Kier molecular flexibility index (Phi) is 26.9. The van der Waals surface area contributed by atoms with E-state index in [0.29, 0.717) is 24.4 Å². The van der Waals surface area contributed by atoms with Gasteiger partial charge >= 0.3 is 0 Å². The Morgan fingerprint density at radius 3 is 1.59 bits per heavy atom. The number of anilines is 3. The number of carbonyl (C=O) groups is 9. The molecule has 18 N–H and O–H groups in total. The Bertz CT molecular complexity index is 3090. The van der Waals surface area contributed by atoms with Gasteiger partial charge in [0.2, 0.25) is 29.5 Å². The lowest BCUT2D eigenvalue weighted by atomic mass is 10.1. The van der Waals surface area contributed by atoms with Crippen LogP contribution in [0.15, 0.2) is 99.8 Å². The first-order valence-corrected chi connectivity index (χ1v) is 27.0. The molecule has 3 aromatic carbocycles. The fraction of sp³-hybridized carbons (Fsp3) is 0.386. The van der Waals surface area contributed by atoms with Crippen LogP contribution < -0.4 is 85.4 Å². The zero-order chi connectivity index (χ0) is 62.8. The molecule has 0 fully saturated rings. The third kappa shape index (κ3) is 21.4. The van der Waals surface area contributed by atoms with Crippen LogP contribution in [-0.4, -0.2) is 137 Å². The number of benzene rings is 3. The molecule has 85 heavy (non-hydrogen) atoms. The minimum Gasteiger partial charge on any atom is -0.496 e. The maximum absolute atomic E-state index is 14.0. The molecular weight excluding hydrogens is 1100 g/mol. The van der Waals surface area contributed by atoms with Crippen molar-refractivity contribution in [1.82, 2.24) is 26.6 Å². The van der Waals surface area contributed by atoms with E-state index in [1.165, 1.54) is 102 Å². The summed E-state index contributed by atoms with van der Waals surface area (Å²) >= 11 is 0. The van der Waals surface area contributed by atoms with E-state index in [1.54, 1.807) is 13.0 Å². The van der Waals surface area contributed by atoms with E-state index in [4.69, 9.17) is 47.6 Å². The second-order valence-electron chi connectivity index (χ2n) is 19.2. The summed E-state index contributed by atoms with van der Waals surface area (Å²) < 4.78 is 21.5. The van der Waals surface area contributed by atoms with Crippen molar-refractivity contribution in [3.05, 3.63) is 107 Å². The van der Waals surface area contributed by atoms with Crippen LogP contribution in [0.3, 0.4) is 0 Å². The number of hydrogen-bond donors (Lipinski definition) is 13. The molecule has 0 saturated heterocycles. The number of nitrogens with zero attached hydrogens (tertiary/aromatic N) is 2. The van der Waals surface area contributed by atoms with Gasteiger partial charge in [-0.15, -0.1) is 0 Å². The molecular formula is C57H77N15O13. The number of nitrogens with one attached hydrogen (secondary N) is 8. The number of aliphatic imine (C=N–C) groups is 2. The van der Waals surface area contributed by atoms with Crippen molar-refractivity contribution in [2.45, 2.75) is 96.3 Å². The molecule has 4 rings (SSSR count). The lowest BCUT2D eigenvalue weighted by molar-refractivity contribution is -0.127. The van der Waals surface area contributed by atoms with E-state index >= 15 is 0 Å². The average Bonchev–Trinajstić information content (AvgIpc) is 3.63. The molecule has 3 aromatic rings. The van der Waals surface area contributed by atoms with Gasteiger partial charge in [0.25, 0.3) is 23.6 Å².